The maximum absolute atomic E-state index is 12.5. The van der Waals surface area contributed by atoms with Gasteiger partial charge in [-0.2, -0.15) is 4.80 Å². The van der Waals surface area contributed by atoms with Crippen LogP contribution < -0.4 is 10.6 Å². The first-order chi connectivity index (χ1) is 15.5. The first kappa shape index (κ1) is 21.6. The van der Waals surface area contributed by atoms with Crippen LogP contribution in [0.1, 0.15) is 40.9 Å². The van der Waals surface area contributed by atoms with Crippen LogP contribution in [-0.4, -0.2) is 26.0 Å². The molecule has 162 valence electrons. The molecule has 0 saturated carbocycles. The van der Waals surface area contributed by atoms with Crippen molar-refractivity contribution in [3.05, 3.63) is 82.9 Å². The zero-order valence-corrected chi connectivity index (χ0v) is 19.2. The van der Waals surface area contributed by atoms with Crippen LogP contribution in [0, 0.1) is 6.92 Å². The number of carbonyl (C=O) groups is 1. The quantitative estimate of drug-likeness (QED) is 0.426. The van der Waals surface area contributed by atoms with Crippen LogP contribution in [0.15, 0.2) is 60.7 Å². The summed E-state index contributed by atoms with van der Waals surface area (Å²) in [7, 11) is 0. The molecule has 0 aliphatic rings. The SMILES string of the molecule is CCc1ccc(C(=O)NC(=S)Nc2cc3nn(-c4ccc(CC)cc4)nc3cc2C)cc1. The van der Waals surface area contributed by atoms with Crippen LogP contribution in [0.3, 0.4) is 0 Å². The van der Waals surface area contributed by atoms with E-state index >= 15 is 0 Å². The second-order valence-electron chi connectivity index (χ2n) is 7.62. The lowest BCUT2D eigenvalue weighted by molar-refractivity contribution is 0.0977. The molecule has 0 saturated heterocycles. The summed E-state index contributed by atoms with van der Waals surface area (Å²) in [6, 6.07) is 19.5. The number of nitrogens with zero attached hydrogens (tertiary/aromatic N) is 3. The van der Waals surface area contributed by atoms with Crippen molar-refractivity contribution in [3.63, 3.8) is 0 Å². The molecule has 1 heterocycles. The van der Waals surface area contributed by atoms with Crippen molar-refractivity contribution in [3.8, 4) is 5.69 Å². The molecule has 32 heavy (non-hydrogen) atoms. The molecule has 0 aliphatic carbocycles. The third kappa shape index (κ3) is 4.68. The number of amides is 1. The molecule has 0 aliphatic heterocycles. The van der Waals surface area contributed by atoms with E-state index in [1.54, 1.807) is 16.9 Å². The van der Waals surface area contributed by atoms with E-state index in [0.29, 0.717) is 5.56 Å². The number of benzene rings is 3. The van der Waals surface area contributed by atoms with Gasteiger partial charge in [-0.25, -0.2) is 0 Å². The number of hydrogen-bond donors (Lipinski definition) is 2. The lowest BCUT2D eigenvalue weighted by atomic mass is 10.1. The number of aromatic nitrogens is 3. The van der Waals surface area contributed by atoms with Crippen LogP contribution in [0.5, 0.6) is 0 Å². The van der Waals surface area contributed by atoms with Gasteiger partial charge in [0.1, 0.15) is 11.0 Å². The molecule has 1 amide bonds. The van der Waals surface area contributed by atoms with Crippen molar-refractivity contribution in [1.29, 1.82) is 0 Å². The van der Waals surface area contributed by atoms with Crippen LogP contribution in [-0.2, 0) is 12.8 Å². The largest absolute Gasteiger partial charge is 0.332 e. The van der Waals surface area contributed by atoms with E-state index in [-0.39, 0.29) is 11.0 Å². The highest BCUT2D eigenvalue weighted by Crippen LogP contribution is 2.22. The number of rotatable bonds is 5. The van der Waals surface area contributed by atoms with Gasteiger partial charge in [0, 0.05) is 11.3 Å². The Labute approximate surface area is 192 Å². The van der Waals surface area contributed by atoms with Crippen molar-refractivity contribution in [1.82, 2.24) is 20.3 Å². The summed E-state index contributed by atoms with van der Waals surface area (Å²) < 4.78 is 0. The number of nitrogens with one attached hydrogen (secondary N) is 2. The van der Waals surface area contributed by atoms with E-state index in [0.717, 1.165) is 40.8 Å². The Balaban J connectivity index is 1.50. The van der Waals surface area contributed by atoms with Crippen LogP contribution in [0.2, 0.25) is 0 Å². The molecule has 0 bridgehead atoms. The molecule has 0 fully saturated rings. The Hall–Kier alpha value is -3.58. The molecule has 4 aromatic rings. The molecule has 0 radical (unpaired) electrons. The third-order valence-electron chi connectivity index (χ3n) is 5.40. The molecule has 6 nitrogen and oxygen atoms in total. The summed E-state index contributed by atoms with van der Waals surface area (Å²) in [4.78, 5) is 14.1. The standard InChI is InChI=1S/C25H25N5OS/c1-4-17-6-10-19(11-7-17)24(31)27-25(32)26-21-15-23-22(14-16(21)3)28-30(29-23)20-12-8-18(5-2)9-13-20/h6-15H,4-5H2,1-3H3,(H2,26,27,31,32). The van der Waals surface area contributed by atoms with Gasteiger partial charge in [0.15, 0.2) is 5.11 Å². The molecular weight excluding hydrogens is 418 g/mol. The van der Waals surface area contributed by atoms with Gasteiger partial charge in [0.2, 0.25) is 0 Å². The van der Waals surface area contributed by atoms with Crippen molar-refractivity contribution >= 4 is 40.0 Å². The molecule has 3 aromatic carbocycles. The topological polar surface area (TPSA) is 71.8 Å². The van der Waals surface area contributed by atoms with E-state index < -0.39 is 0 Å². The van der Waals surface area contributed by atoms with Crippen molar-refractivity contribution in [2.45, 2.75) is 33.6 Å². The van der Waals surface area contributed by atoms with Crippen molar-refractivity contribution < 1.29 is 4.79 Å². The average Bonchev–Trinajstić information content (AvgIpc) is 3.22. The van der Waals surface area contributed by atoms with Gasteiger partial charge in [-0.15, -0.1) is 10.2 Å². The second-order valence-corrected chi connectivity index (χ2v) is 8.03. The fourth-order valence-corrected chi connectivity index (χ4v) is 3.61. The van der Waals surface area contributed by atoms with E-state index in [9.17, 15) is 4.79 Å². The Kier molecular flexibility index (Phi) is 6.28. The highest BCUT2D eigenvalue weighted by atomic mass is 32.1. The Bertz CT molecular complexity index is 1280. The highest BCUT2D eigenvalue weighted by Gasteiger charge is 2.12. The van der Waals surface area contributed by atoms with E-state index in [4.69, 9.17) is 12.2 Å². The van der Waals surface area contributed by atoms with E-state index in [2.05, 4.69) is 46.8 Å². The minimum atomic E-state index is -0.245. The second kappa shape index (κ2) is 9.28. The summed E-state index contributed by atoms with van der Waals surface area (Å²) in [6.45, 7) is 6.17. The van der Waals surface area contributed by atoms with E-state index in [1.165, 1.54) is 11.1 Å². The molecule has 0 spiro atoms. The Morgan fingerprint density at radius 1 is 0.906 bits per heavy atom. The van der Waals surface area contributed by atoms with Gasteiger partial charge in [-0.1, -0.05) is 38.1 Å². The lowest BCUT2D eigenvalue weighted by Gasteiger charge is -2.12. The predicted molar refractivity (Wildman–Crippen MR) is 132 cm³/mol. The van der Waals surface area contributed by atoms with Gasteiger partial charge in [-0.3, -0.25) is 10.1 Å². The minimum Gasteiger partial charge on any atom is -0.332 e. The molecule has 2 N–H and O–H groups in total. The van der Waals surface area contributed by atoms with Crippen molar-refractivity contribution in [2.75, 3.05) is 5.32 Å². The molecule has 0 unspecified atom stereocenters. The monoisotopic (exact) mass is 443 g/mol. The fourth-order valence-electron chi connectivity index (χ4n) is 3.40. The van der Waals surface area contributed by atoms with Crippen LogP contribution in [0.25, 0.3) is 16.7 Å². The minimum absolute atomic E-state index is 0.236. The number of aryl methyl sites for hydroxylation is 3. The van der Waals surface area contributed by atoms with Crippen LogP contribution >= 0.6 is 12.2 Å². The molecule has 0 atom stereocenters. The highest BCUT2D eigenvalue weighted by molar-refractivity contribution is 7.80. The zero-order valence-electron chi connectivity index (χ0n) is 18.3. The molecule has 7 heteroatoms. The maximum Gasteiger partial charge on any atom is 0.257 e. The number of thiocarbonyl (C=S) groups is 1. The summed E-state index contributed by atoms with van der Waals surface area (Å²) >= 11 is 5.36. The van der Waals surface area contributed by atoms with Gasteiger partial charge in [0.25, 0.3) is 5.91 Å². The first-order valence-corrected chi connectivity index (χ1v) is 11.1. The summed E-state index contributed by atoms with van der Waals surface area (Å²) in [6.07, 6.45) is 1.92. The summed E-state index contributed by atoms with van der Waals surface area (Å²) in [5.41, 5.74) is 7.18. The predicted octanol–water partition coefficient (Wildman–Crippen LogP) is 4.98. The van der Waals surface area contributed by atoms with Gasteiger partial charge in [-0.05, 0) is 85.1 Å². The number of fused-ring (bicyclic) bond motifs is 1. The molecule has 4 rings (SSSR count). The molecule has 1 aromatic heterocycles. The zero-order chi connectivity index (χ0) is 22.7. The number of hydrogen-bond acceptors (Lipinski definition) is 4. The smallest absolute Gasteiger partial charge is 0.257 e. The molecular formula is C25H25N5OS. The summed E-state index contributed by atoms with van der Waals surface area (Å²) in [5.74, 6) is -0.245. The Morgan fingerprint density at radius 3 is 2.06 bits per heavy atom. The Morgan fingerprint density at radius 2 is 1.47 bits per heavy atom. The van der Waals surface area contributed by atoms with Crippen LogP contribution in [0.4, 0.5) is 5.69 Å². The third-order valence-corrected chi connectivity index (χ3v) is 5.61. The van der Waals surface area contributed by atoms with Gasteiger partial charge < -0.3 is 5.32 Å². The van der Waals surface area contributed by atoms with Gasteiger partial charge >= 0.3 is 0 Å². The average molecular weight is 444 g/mol. The fraction of sp³-hybridized carbons (Fsp3) is 0.200. The number of anilines is 1. The number of carbonyl (C=O) groups excluding carboxylic acids is 1. The van der Waals surface area contributed by atoms with Gasteiger partial charge in [0.05, 0.1) is 5.69 Å². The lowest BCUT2D eigenvalue weighted by Crippen LogP contribution is -2.34. The maximum atomic E-state index is 12.5. The summed E-state index contributed by atoms with van der Waals surface area (Å²) in [5, 5.41) is 15.3. The normalized spacial score (nSPS) is 10.8. The first-order valence-electron chi connectivity index (χ1n) is 10.6. The van der Waals surface area contributed by atoms with E-state index in [1.807, 2.05) is 43.3 Å². The van der Waals surface area contributed by atoms with Crippen molar-refractivity contribution in [2.24, 2.45) is 0 Å².